The van der Waals surface area contributed by atoms with Gasteiger partial charge in [0, 0.05) is 6.20 Å². The van der Waals surface area contributed by atoms with Crippen molar-refractivity contribution < 1.29 is 19.2 Å². The predicted molar refractivity (Wildman–Crippen MR) is 39.5 cm³/mol. The molecule has 0 saturated heterocycles. The Morgan fingerprint density at radius 2 is 1.91 bits per heavy atom. The van der Waals surface area contributed by atoms with Crippen LogP contribution in [0.2, 0.25) is 0 Å². The lowest BCUT2D eigenvalue weighted by molar-refractivity contribution is 0.275. The lowest BCUT2D eigenvalue weighted by atomic mass is 10.6. The Kier molecular flexibility index (Phi) is 3.84. The van der Waals surface area contributed by atoms with Crippen molar-refractivity contribution in [3.05, 3.63) is 18.3 Å². The summed E-state index contributed by atoms with van der Waals surface area (Å²) in [4.78, 5) is 24.3. The minimum atomic E-state index is -4.64. The van der Waals surface area contributed by atoms with Gasteiger partial charge >= 0.3 is 7.82 Å². The number of phosphoric acid groups is 1. The van der Waals surface area contributed by atoms with Crippen LogP contribution in [-0.4, -0.2) is 19.7 Å². The van der Waals surface area contributed by atoms with E-state index in [0.717, 1.165) is 5.82 Å². The van der Waals surface area contributed by atoms with Crippen LogP contribution >= 0.6 is 7.82 Å². The van der Waals surface area contributed by atoms with Gasteiger partial charge in [0.1, 0.15) is 5.82 Å². The average Bonchev–Trinajstić information content (AvgIpc) is 2.12. The number of anilines is 1. The van der Waals surface area contributed by atoms with E-state index in [-0.39, 0.29) is 0 Å². The molecular weight excluding hydrogens is 171 g/mol. The van der Waals surface area contributed by atoms with E-state index >= 15 is 0 Å². The van der Waals surface area contributed by atoms with E-state index in [9.17, 15) is 0 Å². The first-order valence-corrected chi connectivity index (χ1v) is 4.13. The smallest absolute Gasteiger partial charge is 0.385 e. The van der Waals surface area contributed by atoms with E-state index in [4.69, 9.17) is 25.0 Å². The van der Waals surface area contributed by atoms with Gasteiger partial charge in [0.2, 0.25) is 0 Å². The molecule has 6 N–H and O–H groups in total. The van der Waals surface area contributed by atoms with Gasteiger partial charge in [-0.2, -0.15) is 0 Å². The standard InChI is InChI=1S/C4H6N2.H3O4P/c5-4-2-1-3-6-4;1-5(2,3)4/h1-3,6H,5H2;(H3,1,2,3,4). The highest BCUT2D eigenvalue weighted by molar-refractivity contribution is 7.45. The normalized spacial score (nSPS) is 10.1. The average molecular weight is 180 g/mol. The van der Waals surface area contributed by atoms with Crippen molar-refractivity contribution in [1.29, 1.82) is 0 Å². The molecule has 0 bridgehead atoms. The molecule has 1 aromatic heterocycles. The summed E-state index contributed by atoms with van der Waals surface area (Å²) in [7, 11) is -4.64. The molecule has 0 atom stereocenters. The molecule has 0 aliphatic heterocycles. The Morgan fingerprint density at radius 1 is 1.45 bits per heavy atom. The van der Waals surface area contributed by atoms with Crippen molar-refractivity contribution in [2.45, 2.75) is 0 Å². The zero-order valence-corrected chi connectivity index (χ0v) is 6.40. The lowest BCUT2D eigenvalue weighted by Gasteiger charge is -1.82. The van der Waals surface area contributed by atoms with E-state index in [1.165, 1.54) is 0 Å². The van der Waals surface area contributed by atoms with Crippen LogP contribution in [0, 0.1) is 0 Å². The molecule has 0 aliphatic rings. The lowest BCUT2D eigenvalue weighted by Crippen LogP contribution is -1.79. The zero-order chi connectivity index (χ0) is 8.91. The summed E-state index contributed by atoms with van der Waals surface area (Å²) in [5.74, 6) is 0.718. The maximum Gasteiger partial charge on any atom is 0.466 e. The Bertz CT molecular complexity index is 220. The van der Waals surface area contributed by atoms with Gasteiger partial charge in [-0.05, 0) is 12.1 Å². The second kappa shape index (κ2) is 4.15. The van der Waals surface area contributed by atoms with Crippen LogP contribution in [0.4, 0.5) is 5.82 Å². The highest BCUT2D eigenvalue weighted by atomic mass is 31.2. The van der Waals surface area contributed by atoms with Gasteiger partial charge in [-0.1, -0.05) is 0 Å². The van der Waals surface area contributed by atoms with E-state index in [0.29, 0.717) is 0 Å². The third kappa shape index (κ3) is 12.4. The number of aromatic amines is 1. The summed E-state index contributed by atoms with van der Waals surface area (Å²) < 4.78 is 8.88. The summed E-state index contributed by atoms with van der Waals surface area (Å²) in [6.07, 6.45) is 1.79. The summed E-state index contributed by atoms with van der Waals surface area (Å²) in [5, 5.41) is 0. The van der Waals surface area contributed by atoms with Crippen molar-refractivity contribution >= 4 is 13.6 Å². The number of H-pyrrole nitrogens is 1. The molecule has 0 amide bonds. The molecule has 6 nitrogen and oxygen atoms in total. The predicted octanol–water partition coefficient (Wildman–Crippen LogP) is -0.332. The maximum atomic E-state index is 8.88. The summed E-state index contributed by atoms with van der Waals surface area (Å²) >= 11 is 0. The van der Waals surface area contributed by atoms with Crippen LogP contribution in [0.15, 0.2) is 18.3 Å². The molecular formula is C4H9N2O4P. The second-order valence-electron chi connectivity index (χ2n) is 1.64. The quantitative estimate of drug-likeness (QED) is 0.350. The second-order valence-corrected chi connectivity index (χ2v) is 2.67. The number of aromatic nitrogens is 1. The third-order valence-corrected chi connectivity index (χ3v) is 0.622. The van der Waals surface area contributed by atoms with Gasteiger partial charge in [0.05, 0.1) is 0 Å². The molecule has 1 heterocycles. The summed E-state index contributed by atoms with van der Waals surface area (Å²) in [5.41, 5.74) is 5.22. The maximum absolute atomic E-state index is 8.88. The van der Waals surface area contributed by atoms with Crippen molar-refractivity contribution in [3.63, 3.8) is 0 Å². The molecule has 0 spiro atoms. The fraction of sp³-hybridized carbons (Fsp3) is 0. The van der Waals surface area contributed by atoms with Gasteiger partial charge in [-0.25, -0.2) is 4.57 Å². The number of rotatable bonds is 0. The van der Waals surface area contributed by atoms with Gasteiger partial charge in [-0.15, -0.1) is 0 Å². The van der Waals surface area contributed by atoms with Crippen LogP contribution in [0.5, 0.6) is 0 Å². The van der Waals surface area contributed by atoms with Crippen LogP contribution in [0.3, 0.4) is 0 Å². The molecule has 0 aliphatic carbocycles. The number of nitrogen functional groups attached to an aromatic ring is 1. The molecule has 7 heteroatoms. The van der Waals surface area contributed by atoms with Crippen LogP contribution < -0.4 is 5.73 Å². The van der Waals surface area contributed by atoms with Gasteiger partial charge in [-0.3, -0.25) is 0 Å². The molecule has 0 saturated carbocycles. The van der Waals surface area contributed by atoms with Crippen LogP contribution in [0.25, 0.3) is 0 Å². The van der Waals surface area contributed by atoms with Gasteiger partial charge in [0.25, 0.3) is 0 Å². The minimum absolute atomic E-state index is 0.718. The van der Waals surface area contributed by atoms with E-state index < -0.39 is 7.82 Å². The van der Waals surface area contributed by atoms with Crippen molar-refractivity contribution in [1.82, 2.24) is 4.98 Å². The first-order chi connectivity index (χ1) is 4.89. The topological polar surface area (TPSA) is 120 Å². The summed E-state index contributed by atoms with van der Waals surface area (Å²) in [6, 6.07) is 3.66. The third-order valence-electron chi connectivity index (χ3n) is 0.622. The highest BCUT2D eigenvalue weighted by Crippen LogP contribution is 2.25. The van der Waals surface area contributed by atoms with E-state index in [1.807, 2.05) is 6.07 Å². The Morgan fingerprint density at radius 3 is 2.00 bits per heavy atom. The summed E-state index contributed by atoms with van der Waals surface area (Å²) in [6.45, 7) is 0. The van der Waals surface area contributed by atoms with Crippen molar-refractivity contribution in [3.8, 4) is 0 Å². The van der Waals surface area contributed by atoms with Crippen molar-refractivity contribution in [2.75, 3.05) is 5.73 Å². The molecule has 1 rings (SSSR count). The van der Waals surface area contributed by atoms with Crippen LogP contribution in [-0.2, 0) is 4.57 Å². The molecule has 0 aromatic carbocycles. The zero-order valence-electron chi connectivity index (χ0n) is 5.51. The molecule has 1 aromatic rings. The Labute approximate surface area is 62.9 Å². The molecule has 0 radical (unpaired) electrons. The number of nitrogens with one attached hydrogen (secondary N) is 1. The van der Waals surface area contributed by atoms with Crippen molar-refractivity contribution in [2.24, 2.45) is 0 Å². The Hall–Kier alpha value is -0.810. The molecule has 0 unspecified atom stereocenters. The highest BCUT2D eigenvalue weighted by Gasteiger charge is 2.00. The monoisotopic (exact) mass is 180 g/mol. The number of hydrogen-bond donors (Lipinski definition) is 5. The largest absolute Gasteiger partial charge is 0.466 e. The number of hydrogen-bond acceptors (Lipinski definition) is 2. The molecule has 0 fully saturated rings. The SMILES string of the molecule is Nc1ccc[nH]1.O=P(O)(O)O. The fourth-order valence-corrected chi connectivity index (χ4v) is 0.344. The number of nitrogens with two attached hydrogens (primary N) is 1. The van der Waals surface area contributed by atoms with Gasteiger partial charge in [0.15, 0.2) is 0 Å². The van der Waals surface area contributed by atoms with Crippen LogP contribution in [0.1, 0.15) is 0 Å². The first kappa shape index (κ1) is 10.2. The minimum Gasteiger partial charge on any atom is -0.385 e. The van der Waals surface area contributed by atoms with E-state index in [2.05, 4.69) is 4.98 Å². The van der Waals surface area contributed by atoms with Gasteiger partial charge < -0.3 is 25.4 Å². The fourth-order valence-electron chi connectivity index (χ4n) is 0.344. The molecule has 11 heavy (non-hydrogen) atoms. The molecule has 64 valence electrons. The first-order valence-electron chi connectivity index (χ1n) is 2.57. The van der Waals surface area contributed by atoms with E-state index in [1.54, 1.807) is 12.3 Å². The Balaban J connectivity index is 0.000000187.